The van der Waals surface area contributed by atoms with Gasteiger partial charge in [-0.1, -0.05) is 6.42 Å². The van der Waals surface area contributed by atoms with Crippen LogP contribution in [0.25, 0.3) is 0 Å². The first-order valence-electron chi connectivity index (χ1n) is 5.72. The molecule has 0 saturated carbocycles. The van der Waals surface area contributed by atoms with E-state index < -0.39 is 31.2 Å². The van der Waals surface area contributed by atoms with E-state index >= 15 is 0 Å². The van der Waals surface area contributed by atoms with Gasteiger partial charge < -0.3 is 4.98 Å². The van der Waals surface area contributed by atoms with Crippen LogP contribution in [0.3, 0.4) is 0 Å². The molecule has 8 nitrogen and oxygen atoms in total. The smallest absolute Gasteiger partial charge is 0.341 e. The van der Waals surface area contributed by atoms with Crippen molar-refractivity contribution in [3.63, 3.8) is 0 Å². The number of pyridine rings is 1. The van der Waals surface area contributed by atoms with Gasteiger partial charge in [0.2, 0.25) is 5.03 Å². The van der Waals surface area contributed by atoms with Gasteiger partial charge in [0.1, 0.15) is 0 Å². The van der Waals surface area contributed by atoms with Gasteiger partial charge in [0.25, 0.3) is 5.43 Å². The first kappa shape index (κ1) is 13.7. The minimum Gasteiger partial charge on any atom is -0.341 e. The molecule has 0 unspecified atom stereocenters. The molecular weight excluding hydrogens is 276 g/mol. The molecule has 1 aliphatic rings. The number of fused-ring (bicyclic) bond motifs is 1. The van der Waals surface area contributed by atoms with Crippen LogP contribution in [0.4, 0.5) is 5.69 Å². The molecule has 0 bridgehead atoms. The Balaban J connectivity index is 2.83. The molecule has 2 rings (SSSR count). The number of nitro groups is 1. The van der Waals surface area contributed by atoms with E-state index in [9.17, 15) is 23.3 Å². The summed E-state index contributed by atoms with van der Waals surface area (Å²) < 4.78 is 31.3. The van der Waals surface area contributed by atoms with Gasteiger partial charge in [-0.25, -0.2) is 0 Å². The number of hydrogen-bond acceptors (Lipinski definition) is 5. The summed E-state index contributed by atoms with van der Waals surface area (Å²) in [6.07, 6.45) is 3.14. The molecule has 0 fully saturated rings. The van der Waals surface area contributed by atoms with Gasteiger partial charge in [-0.2, -0.15) is 8.42 Å². The van der Waals surface area contributed by atoms with Crippen molar-refractivity contribution in [3.8, 4) is 0 Å². The molecule has 2 N–H and O–H groups in total. The zero-order chi connectivity index (χ0) is 14.2. The highest BCUT2D eigenvalue weighted by Gasteiger charge is 2.32. The monoisotopic (exact) mass is 288 g/mol. The zero-order valence-corrected chi connectivity index (χ0v) is 10.7. The van der Waals surface area contributed by atoms with Crippen molar-refractivity contribution in [2.75, 3.05) is 0 Å². The fraction of sp³-hybridized carbons (Fsp3) is 0.500. The molecule has 0 saturated heterocycles. The maximum absolute atomic E-state index is 12.0. The molecule has 0 aromatic carbocycles. The van der Waals surface area contributed by atoms with E-state index in [0.29, 0.717) is 18.5 Å². The Morgan fingerprint density at radius 2 is 1.84 bits per heavy atom. The average Bonchev–Trinajstić information content (AvgIpc) is 2.52. The molecule has 1 aromatic rings. The summed E-state index contributed by atoms with van der Waals surface area (Å²) in [5.74, 6) is 0. The summed E-state index contributed by atoms with van der Waals surface area (Å²) in [6.45, 7) is 0. The van der Waals surface area contributed by atoms with Crippen LogP contribution in [-0.2, 0) is 23.0 Å². The van der Waals surface area contributed by atoms with Crippen molar-refractivity contribution in [2.24, 2.45) is 0 Å². The van der Waals surface area contributed by atoms with Gasteiger partial charge in [0, 0.05) is 11.3 Å². The van der Waals surface area contributed by atoms with E-state index in [-0.39, 0.29) is 5.56 Å². The number of hydrogen-bond donors (Lipinski definition) is 2. The second-order valence-corrected chi connectivity index (χ2v) is 5.74. The predicted molar refractivity (Wildman–Crippen MR) is 64.8 cm³/mol. The standard InChI is InChI=1S/C10H12N2O6S/c13-9-6-4-2-1-3-5-7(6)11-10(19(16,17)18)8(9)12(14)15/h1-5H2,(H,11,13)(H,16,17,18). The summed E-state index contributed by atoms with van der Waals surface area (Å²) in [6, 6.07) is 0. The van der Waals surface area contributed by atoms with E-state index in [1.807, 2.05) is 0 Å². The lowest BCUT2D eigenvalue weighted by molar-refractivity contribution is -0.389. The van der Waals surface area contributed by atoms with Crippen molar-refractivity contribution >= 4 is 15.8 Å². The lowest BCUT2D eigenvalue weighted by atomic mass is 10.1. The molecule has 0 radical (unpaired) electrons. The number of aromatic amines is 1. The van der Waals surface area contributed by atoms with E-state index in [4.69, 9.17) is 4.55 Å². The quantitative estimate of drug-likeness (QED) is 0.358. The molecule has 19 heavy (non-hydrogen) atoms. The maximum Gasteiger partial charge on any atom is 0.354 e. The number of aryl methyl sites for hydroxylation is 1. The van der Waals surface area contributed by atoms with Crippen LogP contribution >= 0.6 is 0 Å². The Bertz CT molecular complexity index is 691. The van der Waals surface area contributed by atoms with Crippen molar-refractivity contribution in [1.29, 1.82) is 0 Å². The lowest BCUT2D eigenvalue weighted by Gasteiger charge is -2.07. The van der Waals surface area contributed by atoms with E-state index in [0.717, 1.165) is 19.3 Å². The Hall–Kier alpha value is -1.74. The average molecular weight is 288 g/mol. The number of H-pyrrole nitrogens is 1. The SMILES string of the molecule is O=c1c2c([nH]c(S(=O)(=O)O)c1[N+](=O)[O-])CCCCC2. The van der Waals surface area contributed by atoms with Crippen LogP contribution in [0.15, 0.2) is 9.82 Å². The van der Waals surface area contributed by atoms with Gasteiger partial charge in [-0.05, 0) is 25.7 Å². The number of nitrogens with one attached hydrogen (secondary N) is 1. The molecular formula is C10H12N2O6S. The zero-order valence-electron chi connectivity index (χ0n) is 9.88. The Morgan fingerprint density at radius 3 is 2.42 bits per heavy atom. The summed E-state index contributed by atoms with van der Waals surface area (Å²) >= 11 is 0. The first-order valence-corrected chi connectivity index (χ1v) is 7.16. The third-order valence-electron chi connectivity index (χ3n) is 3.13. The van der Waals surface area contributed by atoms with Crippen LogP contribution in [-0.4, -0.2) is 22.9 Å². The predicted octanol–water partition coefficient (Wildman–Crippen LogP) is 0.799. The van der Waals surface area contributed by atoms with Crippen molar-refractivity contribution in [3.05, 3.63) is 31.6 Å². The van der Waals surface area contributed by atoms with E-state index in [2.05, 4.69) is 4.98 Å². The summed E-state index contributed by atoms with van der Waals surface area (Å²) in [5.41, 5.74) is -1.42. The number of nitrogens with zero attached hydrogens (tertiary/aromatic N) is 1. The maximum atomic E-state index is 12.0. The highest BCUT2D eigenvalue weighted by atomic mass is 32.2. The second kappa shape index (κ2) is 4.74. The minimum absolute atomic E-state index is 0.247. The molecule has 0 spiro atoms. The third kappa shape index (κ3) is 2.51. The Kier molecular flexibility index (Phi) is 3.42. The molecule has 1 aromatic heterocycles. The highest BCUT2D eigenvalue weighted by Crippen LogP contribution is 2.23. The van der Waals surface area contributed by atoms with Crippen molar-refractivity contribution in [2.45, 2.75) is 37.1 Å². The Morgan fingerprint density at radius 1 is 1.21 bits per heavy atom. The largest absolute Gasteiger partial charge is 0.354 e. The van der Waals surface area contributed by atoms with Crippen LogP contribution in [0.1, 0.15) is 30.5 Å². The minimum atomic E-state index is -4.84. The van der Waals surface area contributed by atoms with Crippen LogP contribution in [0.5, 0.6) is 0 Å². The number of aromatic nitrogens is 1. The van der Waals surface area contributed by atoms with Crippen LogP contribution in [0, 0.1) is 10.1 Å². The fourth-order valence-electron chi connectivity index (χ4n) is 2.27. The fourth-order valence-corrected chi connectivity index (χ4v) is 2.93. The van der Waals surface area contributed by atoms with E-state index in [1.54, 1.807) is 0 Å². The van der Waals surface area contributed by atoms with Crippen molar-refractivity contribution in [1.82, 2.24) is 4.98 Å². The van der Waals surface area contributed by atoms with Gasteiger partial charge in [-0.15, -0.1) is 0 Å². The summed E-state index contributed by atoms with van der Waals surface area (Å²) in [7, 11) is -4.84. The molecule has 9 heteroatoms. The summed E-state index contributed by atoms with van der Waals surface area (Å²) in [5, 5.41) is 9.85. The highest BCUT2D eigenvalue weighted by molar-refractivity contribution is 7.85. The lowest BCUT2D eigenvalue weighted by Crippen LogP contribution is -2.22. The van der Waals surface area contributed by atoms with E-state index in [1.165, 1.54) is 0 Å². The van der Waals surface area contributed by atoms with Crippen LogP contribution < -0.4 is 5.43 Å². The second-order valence-electron chi connectivity index (χ2n) is 4.38. The van der Waals surface area contributed by atoms with Crippen molar-refractivity contribution < 1.29 is 17.9 Å². The molecule has 104 valence electrons. The molecule has 1 heterocycles. The molecule has 0 aliphatic heterocycles. The molecule has 1 aliphatic carbocycles. The molecule has 0 atom stereocenters. The Labute approximate surface area is 108 Å². The summed E-state index contributed by atoms with van der Waals surface area (Å²) in [4.78, 5) is 24.2. The molecule has 0 amide bonds. The first-order chi connectivity index (χ1) is 8.82. The van der Waals surface area contributed by atoms with Crippen LogP contribution in [0.2, 0.25) is 0 Å². The topological polar surface area (TPSA) is 130 Å². The third-order valence-corrected chi connectivity index (χ3v) is 3.94. The van der Waals surface area contributed by atoms with Gasteiger partial charge in [0.05, 0.1) is 4.92 Å². The van der Waals surface area contributed by atoms with Gasteiger partial charge >= 0.3 is 15.8 Å². The van der Waals surface area contributed by atoms with Gasteiger partial charge in [-0.3, -0.25) is 19.5 Å². The normalized spacial score (nSPS) is 15.6. The van der Waals surface area contributed by atoms with Gasteiger partial charge in [0.15, 0.2) is 0 Å². The number of rotatable bonds is 2.